The molecule has 4 rings (SSSR count). The topological polar surface area (TPSA) is 84.7 Å². The molecule has 1 aromatic heterocycles. The fraction of sp³-hybridized carbons (Fsp3) is 0.333. The minimum Gasteiger partial charge on any atom is -0.444 e. The van der Waals surface area contributed by atoms with E-state index < -0.39 is 23.4 Å². The highest BCUT2D eigenvalue weighted by Crippen LogP contribution is 2.33. The van der Waals surface area contributed by atoms with Crippen molar-refractivity contribution in [3.8, 4) is 16.9 Å². The number of carbonyl (C=O) groups excluding carboxylic acids is 3. The van der Waals surface area contributed by atoms with Crippen LogP contribution in [0.4, 0.5) is 4.79 Å². The van der Waals surface area contributed by atoms with E-state index in [9.17, 15) is 14.4 Å². The van der Waals surface area contributed by atoms with Gasteiger partial charge in [-0.3, -0.25) is 9.59 Å². The van der Waals surface area contributed by atoms with Gasteiger partial charge in [0.25, 0.3) is 11.7 Å². The van der Waals surface area contributed by atoms with Crippen LogP contribution < -0.4 is 0 Å². The van der Waals surface area contributed by atoms with E-state index in [-0.39, 0.29) is 31.9 Å². The average Bonchev–Trinajstić information content (AvgIpc) is 3.19. The third-order valence-electron chi connectivity index (χ3n) is 6.01. The molecule has 0 unspecified atom stereocenters. The van der Waals surface area contributed by atoms with E-state index >= 15 is 0 Å². The maximum absolute atomic E-state index is 13.4. The number of ether oxygens (including phenoxy) is 1. The Kier molecular flexibility index (Phi) is 8.06. The van der Waals surface area contributed by atoms with Gasteiger partial charge in [0, 0.05) is 47.4 Å². The van der Waals surface area contributed by atoms with Crippen LogP contribution in [0.25, 0.3) is 16.9 Å². The molecule has 0 spiro atoms. The number of benzene rings is 2. The fourth-order valence-corrected chi connectivity index (χ4v) is 4.76. The number of Topliss-reactive ketones (excluding diaryl/α,β-unsaturated/α-hetero) is 1. The van der Waals surface area contributed by atoms with Crippen molar-refractivity contribution in [3.05, 3.63) is 68.8 Å². The van der Waals surface area contributed by atoms with Crippen molar-refractivity contribution in [2.75, 3.05) is 26.2 Å². The lowest BCUT2D eigenvalue weighted by Gasteiger charge is -2.35. The van der Waals surface area contributed by atoms with Crippen molar-refractivity contribution in [2.45, 2.75) is 33.3 Å². The average molecular weight is 578 g/mol. The maximum atomic E-state index is 13.4. The van der Waals surface area contributed by atoms with E-state index in [1.165, 1.54) is 14.5 Å². The van der Waals surface area contributed by atoms with Crippen LogP contribution in [-0.2, 0) is 9.53 Å². The van der Waals surface area contributed by atoms with Gasteiger partial charge in [-0.15, -0.1) is 0 Å². The third-order valence-corrected chi connectivity index (χ3v) is 6.80. The van der Waals surface area contributed by atoms with Gasteiger partial charge in [-0.25, -0.2) is 9.48 Å². The molecule has 3 aromatic rings. The van der Waals surface area contributed by atoms with E-state index in [1.807, 2.05) is 0 Å². The third kappa shape index (κ3) is 5.98. The van der Waals surface area contributed by atoms with Crippen LogP contribution in [0.15, 0.2) is 42.5 Å². The summed E-state index contributed by atoms with van der Waals surface area (Å²) in [4.78, 5) is 42.0. The number of carbonyl (C=O) groups is 3. The number of hydrogen-bond acceptors (Lipinski definition) is 5. The molecule has 2 aromatic carbocycles. The zero-order valence-corrected chi connectivity index (χ0v) is 23.7. The number of halogens is 3. The van der Waals surface area contributed by atoms with Crippen LogP contribution in [0, 0.1) is 6.92 Å². The minimum atomic E-state index is -0.743. The summed E-state index contributed by atoms with van der Waals surface area (Å²) in [5.74, 6) is -1.43. The predicted molar refractivity (Wildman–Crippen MR) is 147 cm³/mol. The van der Waals surface area contributed by atoms with Gasteiger partial charge >= 0.3 is 6.09 Å². The second-order valence-electron chi connectivity index (χ2n) is 9.93. The first-order chi connectivity index (χ1) is 17.9. The van der Waals surface area contributed by atoms with Gasteiger partial charge in [-0.1, -0.05) is 46.9 Å². The molecular weight excluding hydrogens is 551 g/mol. The highest BCUT2D eigenvalue weighted by atomic mass is 35.5. The highest BCUT2D eigenvalue weighted by molar-refractivity contribution is 6.42. The Balaban J connectivity index is 1.63. The fourth-order valence-electron chi connectivity index (χ4n) is 4.15. The van der Waals surface area contributed by atoms with Gasteiger partial charge in [-0.05, 0) is 58.0 Å². The van der Waals surface area contributed by atoms with E-state index in [0.29, 0.717) is 32.0 Å². The molecule has 2 amide bonds. The van der Waals surface area contributed by atoms with Gasteiger partial charge < -0.3 is 14.5 Å². The first-order valence-electron chi connectivity index (χ1n) is 12.0. The summed E-state index contributed by atoms with van der Waals surface area (Å²) in [6.45, 7) is 8.04. The molecule has 0 bridgehead atoms. The summed E-state index contributed by atoms with van der Waals surface area (Å²) in [6.07, 6.45) is -0.446. The molecule has 200 valence electrons. The van der Waals surface area contributed by atoms with Crippen molar-refractivity contribution in [1.29, 1.82) is 0 Å². The number of rotatable bonds is 4. The Bertz CT molecular complexity index is 1390. The second-order valence-corrected chi connectivity index (χ2v) is 11.2. The summed E-state index contributed by atoms with van der Waals surface area (Å²) in [5.41, 5.74) is 1.75. The Morgan fingerprint density at radius 1 is 0.868 bits per heavy atom. The highest BCUT2D eigenvalue weighted by Gasteiger charge is 2.33. The van der Waals surface area contributed by atoms with Crippen LogP contribution >= 0.6 is 34.8 Å². The van der Waals surface area contributed by atoms with Gasteiger partial charge in [0.1, 0.15) is 11.3 Å². The number of ketones is 1. The standard InChI is InChI=1S/C27H27Cl3N4O4/c1-16-22(24(35)25(36)32-11-13-33(14-12-32)26(37)38-27(2,3)4)31-34(21-10-9-19(29)15-20(21)30)23(16)17-5-7-18(28)8-6-17/h5-10,15H,11-14H2,1-4H3. The number of amides is 2. The Morgan fingerprint density at radius 2 is 1.45 bits per heavy atom. The number of nitrogens with zero attached hydrogens (tertiary/aromatic N) is 4. The lowest BCUT2D eigenvalue weighted by molar-refractivity contribution is -0.128. The summed E-state index contributed by atoms with van der Waals surface area (Å²) >= 11 is 18.7. The minimum absolute atomic E-state index is 0.0144. The number of hydrogen-bond donors (Lipinski definition) is 0. The van der Waals surface area contributed by atoms with Crippen LogP contribution in [0.5, 0.6) is 0 Å². The van der Waals surface area contributed by atoms with Crippen molar-refractivity contribution in [1.82, 2.24) is 19.6 Å². The quantitative estimate of drug-likeness (QED) is 0.278. The Morgan fingerprint density at radius 3 is 2.03 bits per heavy atom. The van der Waals surface area contributed by atoms with Crippen LogP contribution in [-0.4, -0.2) is 69.1 Å². The number of aromatic nitrogens is 2. The van der Waals surface area contributed by atoms with E-state index in [0.717, 1.165) is 5.56 Å². The van der Waals surface area contributed by atoms with Crippen LogP contribution in [0.1, 0.15) is 36.8 Å². The largest absolute Gasteiger partial charge is 0.444 e. The normalized spacial score (nSPS) is 14.0. The van der Waals surface area contributed by atoms with Crippen molar-refractivity contribution in [2.24, 2.45) is 0 Å². The van der Waals surface area contributed by atoms with Gasteiger partial charge in [0.2, 0.25) is 0 Å². The summed E-state index contributed by atoms with van der Waals surface area (Å²) in [6, 6.07) is 12.0. The Hall–Kier alpha value is -3.07. The molecule has 38 heavy (non-hydrogen) atoms. The molecule has 11 heteroatoms. The monoisotopic (exact) mass is 576 g/mol. The van der Waals surface area contributed by atoms with Crippen LogP contribution in [0.2, 0.25) is 15.1 Å². The first kappa shape index (κ1) is 28.0. The zero-order valence-electron chi connectivity index (χ0n) is 21.4. The molecule has 1 saturated heterocycles. The molecular formula is C27H27Cl3N4O4. The van der Waals surface area contributed by atoms with Crippen molar-refractivity contribution in [3.63, 3.8) is 0 Å². The molecule has 0 radical (unpaired) electrons. The smallest absolute Gasteiger partial charge is 0.410 e. The molecule has 8 nitrogen and oxygen atoms in total. The molecule has 0 saturated carbocycles. The summed E-state index contributed by atoms with van der Waals surface area (Å²) < 4.78 is 6.95. The lowest BCUT2D eigenvalue weighted by Crippen LogP contribution is -2.53. The van der Waals surface area contributed by atoms with Gasteiger partial charge in [0.05, 0.1) is 16.4 Å². The molecule has 0 atom stereocenters. The first-order valence-corrected chi connectivity index (χ1v) is 13.1. The van der Waals surface area contributed by atoms with E-state index in [1.54, 1.807) is 70.2 Å². The molecule has 0 aliphatic carbocycles. The molecule has 0 N–H and O–H groups in total. The maximum Gasteiger partial charge on any atom is 0.410 e. The summed E-state index contributed by atoms with van der Waals surface area (Å²) in [5, 5.41) is 5.88. The van der Waals surface area contributed by atoms with Gasteiger partial charge in [-0.2, -0.15) is 5.10 Å². The second kappa shape index (κ2) is 11.0. The van der Waals surface area contributed by atoms with Crippen molar-refractivity contribution >= 4 is 52.6 Å². The van der Waals surface area contributed by atoms with Gasteiger partial charge in [0.15, 0.2) is 0 Å². The molecule has 1 fully saturated rings. The zero-order chi connectivity index (χ0) is 27.8. The van der Waals surface area contributed by atoms with Crippen LogP contribution in [0.3, 0.4) is 0 Å². The van der Waals surface area contributed by atoms with E-state index in [2.05, 4.69) is 5.10 Å². The summed E-state index contributed by atoms with van der Waals surface area (Å²) in [7, 11) is 0. The number of piperazine rings is 1. The molecule has 1 aliphatic heterocycles. The Labute approximate surface area is 236 Å². The van der Waals surface area contributed by atoms with E-state index in [4.69, 9.17) is 39.5 Å². The SMILES string of the molecule is Cc1c(C(=O)C(=O)N2CCN(C(=O)OC(C)(C)C)CC2)nn(-c2ccc(Cl)cc2Cl)c1-c1ccc(Cl)cc1. The van der Waals surface area contributed by atoms with Crippen molar-refractivity contribution < 1.29 is 19.1 Å². The molecule has 1 aliphatic rings. The predicted octanol–water partition coefficient (Wildman–Crippen LogP) is 6.07. The molecule has 2 heterocycles. The lowest BCUT2D eigenvalue weighted by atomic mass is 10.0.